The average molecular weight is 882 g/mol. The predicted octanol–water partition coefficient (Wildman–Crippen LogP) is 2.98. The number of hydrogen-bond donors (Lipinski definition) is 2. The molecule has 58 heavy (non-hydrogen) atoms. The highest BCUT2D eigenvalue weighted by Crippen LogP contribution is 2.64. The van der Waals surface area contributed by atoms with Gasteiger partial charge in [0.1, 0.15) is 36.3 Å². The van der Waals surface area contributed by atoms with Crippen molar-refractivity contribution in [2.24, 2.45) is 0 Å². The standard InChI is InChI=1S/C30H41N7O18P2S/c1-15(2)50-29(40)45-13-49-56(42)47-10-19-22(23(44-5)27(53-19)37-12-34-21-24(31)32-11-33-25(21)37)55-57(43,58-14-46-30(41)51-16(3)4)48-9-17-8-18(54-56)26(52-17)36-7-6-20(38)35-28(36)39/h6-7,11-12,15-19,22-23,26-27H,8-10,13-14H2,1-5H3,(H2,31,32,33)(H,35,38,39)/t17-,18+,19?,22+,23+,26+,27+,56?,57?/m0/s1. The number of methoxy groups -OCH3 is 1. The molecular formula is C30H41N7O18P2S. The average Bonchev–Trinajstić information content (AvgIpc) is 3.84. The van der Waals surface area contributed by atoms with Gasteiger partial charge in [-0.25, -0.2) is 43.0 Å². The van der Waals surface area contributed by atoms with Gasteiger partial charge in [0.25, 0.3) is 5.56 Å². The van der Waals surface area contributed by atoms with Gasteiger partial charge in [0, 0.05) is 37.2 Å². The number of carbonyl (C=O) groups is 2. The van der Waals surface area contributed by atoms with E-state index in [4.69, 9.17) is 61.5 Å². The van der Waals surface area contributed by atoms with Crippen LogP contribution in [-0.2, 0) is 64.9 Å². The molecule has 3 N–H and O–H groups in total. The lowest BCUT2D eigenvalue weighted by molar-refractivity contribution is -0.0768. The van der Waals surface area contributed by atoms with Gasteiger partial charge in [0.2, 0.25) is 6.79 Å². The number of phosphoric acid groups is 1. The Morgan fingerprint density at radius 1 is 0.966 bits per heavy atom. The van der Waals surface area contributed by atoms with Gasteiger partial charge in [-0.1, -0.05) is 0 Å². The van der Waals surface area contributed by atoms with E-state index >= 15 is 0 Å². The van der Waals surface area contributed by atoms with Crippen LogP contribution in [0.25, 0.3) is 11.2 Å². The molecular weight excluding hydrogens is 840 g/mol. The van der Waals surface area contributed by atoms with E-state index in [2.05, 4.69) is 19.9 Å². The summed E-state index contributed by atoms with van der Waals surface area (Å²) in [4.78, 5) is 63.7. The number of nitrogen functional groups attached to an aromatic ring is 1. The Bertz CT molecular complexity index is 2150. The Hall–Kier alpha value is -3.94. The number of nitrogens with zero attached hydrogens (tertiary/aromatic N) is 5. The number of anilines is 1. The van der Waals surface area contributed by atoms with Gasteiger partial charge in [-0.15, -0.1) is 0 Å². The van der Waals surface area contributed by atoms with Crippen molar-refractivity contribution in [3.8, 4) is 0 Å². The quantitative estimate of drug-likeness (QED) is 0.159. The van der Waals surface area contributed by atoms with E-state index in [1.807, 2.05) is 0 Å². The summed E-state index contributed by atoms with van der Waals surface area (Å²) < 4.78 is 99.1. The topological polar surface area (TPSA) is 304 Å². The summed E-state index contributed by atoms with van der Waals surface area (Å²) in [6.07, 6.45) is -8.66. The van der Waals surface area contributed by atoms with Gasteiger partial charge in [-0.05, 0) is 27.7 Å². The van der Waals surface area contributed by atoms with E-state index in [-0.39, 0.29) is 23.4 Å². The number of H-pyrrole nitrogens is 1. The minimum absolute atomic E-state index is 0.0668. The van der Waals surface area contributed by atoms with Crippen LogP contribution in [0.15, 0.2) is 34.5 Å². The van der Waals surface area contributed by atoms with Crippen LogP contribution in [0.1, 0.15) is 46.6 Å². The monoisotopic (exact) mass is 881 g/mol. The minimum atomic E-state index is -4.89. The zero-order valence-corrected chi connectivity index (χ0v) is 34.1. The SMILES string of the molecule is CO[C@@H]1[C@@H]2OP(=O)(SCOC(=O)OC(C)C)OC[C@@H]3C[C@@H](OP(=O)(OCOC(=O)OC(C)C)OCC2O[C@H]1n1cnc2c(N)ncnc21)[C@H](n1ccc(=O)[nH]c1=O)O3. The van der Waals surface area contributed by atoms with E-state index in [1.54, 1.807) is 27.7 Å². The van der Waals surface area contributed by atoms with Crippen molar-refractivity contribution in [3.05, 3.63) is 45.8 Å². The summed E-state index contributed by atoms with van der Waals surface area (Å²) in [6.45, 7) is -0.315. The van der Waals surface area contributed by atoms with Crippen LogP contribution in [0.2, 0.25) is 0 Å². The third-order valence-electron chi connectivity index (χ3n) is 8.26. The van der Waals surface area contributed by atoms with E-state index in [0.717, 1.165) is 16.8 Å². The van der Waals surface area contributed by atoms with Crippen LogP contribution in [0.3, 0.4) is 0 Å². The maximum absolute atomic E-state index is 14.7. The van der Waals surface area contributed by atoms with Gasteiger partial charge in [0.05, 0.1) is 37.9 Å². The first-order valence-corrected chi connectivity index (χ1v) is 22.1. The fraction of sp³-hybridized carbons (Fsp3) is 0.633. The first-order valence-electron chi connectivity index (χ1n) is 17.5. The molecule has 3 saturated heterocycles. The third kappa shape index (κ3) is 10.4. The molecule has 6 rings (SSSR count). The molecule has 0 spiro atoms. The number of phosphoric ester groups is 1. The summed E-state index contributed by atoms with van der Waals surface area (Å²) in [6, 6.07) is 1.04. The van der Waals surface area contributed by atoms with Crippen LogP contribution >= 0.6 is 26.0 Å². The molecule has 28 heteroatoms. The molecule has 320 valence electrons. The number of hydrogen-bond acceptors (Lipinski definition) is 23. The molecule has 3 aliphatic heterocycles. The summed E-state index contributed by atoms with van der Waals surface area (Å²) in [5.41, 5.74) is 4.83. The molecule has 0 amide bonds. The Kier molecular flexibility index (Phi) is 14.0. The number of nitrogens with one attached hydrogen (secondary N) is 1. The van der Waals surface area contributed by atoms with E-state index < -0.39 is 119 Å². The van der Waals surface area contributed by atoms with Crippen molar-refractivity contribution in [2.75, 3.05) is 38.8 Å². The second-order valence-corrected chi connectivity index (χ2v) is 18.7. The lowest BCUT2D eigenvalue weighted by Gasteiger charge is -2.29. The molecule has 3 unspecified atom stereocenters. The van der Waals surface area contributed by atoms with Crippen molar-refractivity contribution in [1.82, 2.24) is 29.1 Å². The highest BCUT2D eigenvalue weighted by molar-refractivity contribution is 8.55. The first-order chi connectivity index (χ1) is 27.6. The first kappa shape index (κ1) is 43.6. The molecule has 6 heterocycles. The Balaban J connectivity index is 1.36. The lowest BCUT2D eigenvalue weighted by atomic mass is 10.1. The number of carbonyl (C=O) groups excluding carboxylic acids is 2. The fourth-order valence-corrected chi connectivity index (χ4v) is 9.91. The summed E-state index contributed by atoms with van der Waals surface area (Å²) in [7, 11) is -3.58. The molecule has 25 nitrogen and oxygen atoms in total. The molecule has 3 aromatic heterocycles. The predicted molar refractivity (Wildman–Crippen MR) is 195 cm³/mol. The van der Waals surface area contributed by atoms with Gasteiger partial charge in [-0.2, -0.15) is 0 Å². The number of rotatable bonds is 11. The number of imidazole rings is 1. The molecule has 2 bridgehead atoms. The van der Waals surface area contributed by atoms with Crippen LogP contribution in [-0.4, -0.2) is 117 Å². The van der Waals surface area contributed by atoms with Crippen LogP contribution in [0, 0.1) is 0 Å². The van der Waals surface area contributed by atoms with Crippen LogP contribution in [0.4, 0.5) is 15.4 Å². The number of fused-ring (bicyclic) bond motifs is 4. The molecule has 0 radical (unpaired) electrons. The van der Waals surface area contributed by atoms with Crippen molar-refractivity contribution in [3.63, 3.8) is 0 Å². The number of nitrogens with two attached hydrogens (primary N) is 1. The normalized spacial score (nSPS) is 30.3. The highest BCUT2D eigenvalue weighted by atomic mass is 32.7. The summed E-state index contributed by atoms with van der Waals surface area (Å²) >= 11 is 0.479. The van der Waals surface area contributed by atoms with Gasteiger partial charge >= 0.3 is 32.6 Å². The maximum Gasteiger partial charge on any atom is 0.510 e. The Morgan fingerprint density at radius 2 is 1.71 bits per heavy atom. The molecule has 9 atom stereocenters. The zero-order chi connectivity index (χ0) is 41.8. The van der Waals surface area contributed by atoms with Crippen molar-refractivity contribution < 1.29 is 74.5 Å². The number of aromatic amines is 1. The molecule has 0 aliphatic carbocycles. The molecule has 0 saturated carbocycles. The lowest BCUT2D eigenvalue weighted by Crippen LogP contribution is -2.38. The summed E-state index contributed by atoms with van der Waals surface area (Å²) in [5, 5.41) is 0. The highest BCUT2D eigenvalue weighted by Gasteiger charge is 2.53. The second-order valence-electron chi connectivity index (χ2n) is 13.1. The minimum Gasteiger partial charge on any atom is -0.432 e. The Labute approximate surface area is 332 Å². The van der Waals surface area contributed by atoms with Crippen LogP contribution < -0.4 is 17.0 Å². The van der Waals surface area contributed by atoms with Gasteiger partial charge in [0.15, 0.2) is 29.9 Å². The van der Waals surface area contributed by atoms with Crippen molar-refractivity contribution in [2.45, 2.75) is 89.3 Å². The molecule has 3 fully saturated rings. The number of aromatic nitrogens is 6. The molecule has 3 aliphatic rings. The second kappa shape index (κ2) is 18.5. The number of ether oxygens (including phenoxy) is 7. The third-order valence-corrected chi connectivity index (χ3v) is 13.0. The smallest absolute Gasteiger partial charge is 0.432 e. The van der Waals surface area contributed by atoms with Crippen LogP contribution in [0.5, 0.6) is 0 Å². The molecule has 0 aromatic carbocycles. The van der Waals surface area contributed by atoms with E-state index in [1.165, 1.54) is 24.3 Å². The van der Waals surface area contributed by atoms with E-state index in [9.17, 15) is 28.3 Å². The van der Waals surface area contributed by atoms with Gasteiger partial charge in [-0.3, -0.25) is 37.0 Å². The zero-order valence-electron chi connectivity index (χ0n) is 31.5. The fourth-order valence-electron chi connectivity index (χ4n) is 5.87. The van der Waals surface area contributed by atoms with Gasteiger partial charge < -0.3 is 38.9 Å². The van der Waals surface area contributed by atoms with E-state index in [0.29, 0.717) is 11.4 Å². The maximum atomic E-state index is 14.7. The summed E-state index contributed by atoms with van der Waals surface area (Å²) in [5.74, 6) is -0.507. The Morgan fingerprint density at radius 3 is 2.41 bits per heavy atom. The molecule has 3 aromatic rings. The largest absolute Gasteiger partial charge is 0.510 e. The van der Waals surface area contributed by atoms with Crippen molar-refractivity contribution in [1.29, 1.82) is 0 Å². The van der Waals surface area contributed by atoms with Crippen molar-refractivity contribution >= 4 is 55.3 Å².